The van der Waals surface area contributed by atoms with Gasteiger partial charge in [0.05, 0.1) is 75.3 Å². The Bertz CT molecular complexity index is 5500. The van der Waals surface area contributed by atoms with Gasteiger partial charge in [-0.15, -0.1) is 45.3 Å². The highest BCUT2D eigenvalue weighted by Gasteiger charge is 2.43. The molecule has 778 valence electrons. The maximum atomic E-state index is 14.2. The number of carbonyl (C=O) groups is 8. The van der Waals surface area contributed by atoms with Crippen molar-refractivity contribution in [2.75, 3.05) is 60.7 Å². The summed E-state index contributed by atoms with van der Waals surface area (Å²) in [6.07, 6.45) is 3.03. The minimum Gasteiger partial charge on any atom is -0.393 e. The first-order valence-corrected chi connectivity index (χ1v) is 51.6. The fourth-order valence-corrected chi connectivity index (χ4v) is 22.1. The largest absolute Gasteiger partial charge is 0.393 e. The van der Waals surface area contributed by atoms with Crippen LogP contribution in [0, 0.1) is 0 Å². The van der Waals surface area contributed by atoms with E-state index in [1.165, 1.54) is 49.1 Å². The Kier molecular flexibility index (Phi) is 35.2. The molecule has 8 amide bonds. The molecule has 10 atom stereocenters. The Morgan fingerprint density at radius 3 is 0.804 bits per heavy atom. The number of hydrogen-bond donors (Lipinski definition) is 12. The molecule has 33 nitrogen and oxygen atoms in total. The molecule has 0 radical (unpaired) electrons. The van der Waals surface area contributed by atoms with Crippen LogP contribution in [-0.2, 0) is 4.74 Å². The number of hydrogen-bond acceptors (Lipinski definition) is 29. The number of thiazole rings is 4. The van der Waals surface area contributed by atoms with E-state index >= 15 is 0 Å². The lowest BCUT2D eigenvalue weighted by Gasteiger charge is -2.31. The molecule has 8 aliphatic rings. The predicted octanol–water partition coefficient (Wildman–Crippen LogP) is 16.9. The monoisotopic (exact) mass is 2070 g/mol. The van der Waals surface area contributed by atoms with Gasteiger partial charge in [-0.2, -0.15) is 0 Å². The van der Waals surface area contributed by atoms with Crippen molar-refractivity contribution in [1.29, 1.82) is 0 Å². The number of aromatic nitrogens is 8. The van der Waals surface area contributed by atoms with Crippen molar-refractivity contribution in [2.24, 2.45) is 0 Å². The number of halogens is 8. The van der Waals surface area contributed by atoms with Gasteiger partial charge in [0.25, 0.3) is 73.0 Å². The molecular weight excluding hydrogens is 1950 g/mol. The molecular formula is C98H128F8N20O13S4. The summed E-state index contributed by atoms with van der Waals surface area (Å²) in [4.78, 5) is 148. The zero-order valence-corrected chi connectivity index (χ0v) is 86.2. The van der Waals surface area contributed by atoms with Crippen LogP contribution in [0.1, 0.15) is 343 Å². The summed E-state index contributed by atoms with van der Waals surface area (Å²) >= 11 is 3.56. The van der Waals surface area contributed by atoms with Crippen LogP contribution in [0.4, 0.5) is 58.4 Å². The third kappa shape index (κ3) is 27.4. The molecule has 0 spiro atoms. The molecule has 5 aliphatic heterocycles. The van der Waals surface area contributed by atoms with Crippen LogP contribution < -0.4 is 42.5 Å². The first-order valence-electron chi connectivity index (χ1n) is 48.3. The molecule has 143 heavy (non-hydrogen) atoms. The van der Waals surface area contributed by atoms with E-state index in [1.807, 2.05) is 111 Å². The van der Waals surface area contributed by atoms with Crippen LogP contribution >= 0.6 is 45.3 Å². The van der Waals surface area contributed by atoms with Gasteiger partial charge in [-0.1, -0.05) is 0 Å². The smallest absolute Gasteiger partial charge is 0.280 e. The van der Waals surface area contributed by atoms with Crippen molar-refractivity contribution in [2.45, 2.75) is 334 Å². The minimum atomic E-state index is -2.85. The first-order chi connectivity index (χ1) is 67.2. The highest BCUT2D eigenvalue weighted by molar-refractivity contribution is 7.18. The standard InChI is InChI=1S/2C25H33F2N5O3S.C24H31F2N5O4S.C24H31F2N5O3S/c2*1-13-7-6-10-32(13)24(35)19-20(36-23(30-19)22(34)29-16-8-5-9-17(16)33)15-12-28-18(31-25(2,3)4)11-14(15)21(26)27;1-12-6-5-7-31(12)23(34)18-19(36-22(29-18)21(33)28-15-10-35-11-16(15)32)14-9-27-17(30-24(2,3)4)8-13(14)20(25)26;1-12-6-5-7-31(12)23(34)18-19(35-22(29-18)21(33)28-13-8-14(32)9-13)16-11-27-17(30-24(2,3)4)10-15(16)20(25)26/h2*11-13,16-17,21,33H,5-10H2,1-4H3,(H,28,31)(H,29,34);8-9,12,15-16,20,32H,5-7,10-11H2,1-4H3,(H,27,30)(H,28,33);10-14,20,32H,5-9H2,1-4H3,(H,27,30)(H,28,33)/t13-,16+,17+;13-,16-,17-;12-,15-,16-;12-,13?,14?/m0000/s1. The third-order valence-corrected chi connectivity index (χ3v) is 29.8. The van der Waals surface area contributed by atoms with Crippen LogP contribution in [0.3, 0.4) is 0 Å². The quantitative estimate of drug-likeness (QED) is 0.0250. The summed E-state index contributed by atoms with van der Waals surface area (Å²) in [5, 5.41) is 63.0. The van der Waals surface area contributed by atoms with E-state index in [0.29, 0.717) is 82.2 Å². The second kappa shape index (κ2) is 45.9. The van der Waals surface area contributed by atoms with Gasteiger partial charge in [0.1, 0.15) is 46.0 Å². The highest BCUT2D eigenvalue weighted by atomic mass is 32.1. The maximum Gasteiger partial charge on any atom is 0.280 e. The number of likely N-dealkylation sites (tertiary alicyclic amines) is 4. The van der Waals surface area contributed by atoms with E-state index < -0.39 is 103 Å². The number of nitrogens with zero attached hydrogens (tertiary/aromatic N) is 12. The van der Waals surface area contributed by atoms with E-state index in [4.69, 9.17) is 4.74 Å². The van der Waals surface area contributed by atoms with Crippen molar-refractivity contribution in [3.8, 4) is 41.8 Å². The van der Waals surface area contributed by atoms with Crippen molar-refractivity contribution in [3.63, 3.8) is 0 Å². The topological polar surface area (TPSA) is 439 Å². The number of anilines is 4. The first kappa shape index (κ1) is 110. The zero-order valence-electron chi connectivity index (χ0n) is 82.9. The van der Waals surface area contributed by atoms with Gasteiger partial charge in [0.15, 0.2) is 20.0 Å². The zero-order chi connectivity index (χ0) is 104. The summed E-state index contributed by atoms with van der Waals surface area (Å²) in [6.45, 7) is 32.9. The predicted molar refractivity (Wildman–Crippen MR) is 530 cm³/mol. The molecule has 16 rings (SSSR count). The number of ether oxygens (including phenoxy) is 1. The normalized spacial score (nSPS) is 22.3. The summed E-state index contributed by atoms with van der Waals surface area (Å²) in [6, 6.07) is 3.47. The van der Waals surface area contributed by atoms with E-state index in [1.54, 1.807) is 19.6 Å². The van der Waals surface area contributed by atoms with E-state index in [9.17, 15) is 93.9 Å². The number of nitrogens with one attached hydrogen (secondary N) is 8. The van der Waals surface area contributed by atoms with Crippen LogP contribution in [0.5, 0.6) is 0 Å². The Hall–Kier alpha value is -10.7. The van der Waals surface area contributed by atoms with Crippen LogP contribution in [-0.4, -0.2) is 261 Å². The number of pyridine rings is 4. The maximum absolute atomic E-state index is 14.2. The highest BCUT2D eigenvalue weighted by Crippen LogP contribution is 2.46. The molecule has 0 bridgehead atoms. The van der Waals surface area contributed by atoms with Crippen LogP contribution in [0.15, 0.2) is 49.1 Å². The molecule has 8 aromatic heterocycles. The molecule has 13 heterocycles. The number of amides is 8. The number of rotatable bonds is 24. The second-order valence-electron chi connectivity index (χ2n) is 41.7. The molecule has 5 saturated heterocycles. The van der Waals surface area contributed by atoms with Gasteiger partial charge in [-0.3, -0.25) is 38.4 Å². The van der Waals surface area contributed by atoms with Gasteiger partial charge in [-0.25, -0.2) is 75.0 Å². The Balaban J connectivity index is 0.000000160. The minimum absolute atomic E-state index is 0.00292. The van der Waals surface area contributed by atoms with Gasteiger partial charge in [-0.05, 0) is 238 Å². The molecule has 3 aliphatic carbocycles. The average Bonchev–Trinajstić information content (AvgIpc) is 1.65. The lowest BCUT2D eigenvalue weighted by atomic mass is 9.89. The van der Waals surface area contributed by atoms with Gasteiger partial charge in [0.2, 0.25) is 0 Å². The SMILES string of the molecule is C[C@H]1CCCN1C(=O)c1nc(C(=O)NC2CC(O)C2)sc1-c1cnc(NC(C)(C)C)cc1C(F)F.C[C@H]1CCCN1C(=O)c1nc(C(=O)N[C@@H]2CCC[C@H]2O)sc1-c1cnc(NC(C)(C)C)cc1C(F)F.C[C@H]1CCCN1C(=O)c1nc(C(=O)N[C@H]2CCC[C@@H]2O)sc1-c1cnc(NC(C)(C)C)cc1C(F)F.C[C@H]1CCCN1C(=O)c1nc(C(=O)N[C@H]2COC[C@@H]2O)sc1-c1cnc(NC(C)(C)C)cc1C(F)F. The number of carbonyl (C=O) groups excluding carboxylic acids is 8. The van der Waals surface area contributed by atoms with E-state index in [2.05, 4.69) is 82.4 Å². The average molecular weight is 2070 g/mol. The number of alkyl halides is 8. The fourth-order valence-electron chi connectivity index (χ4n) is 18.2. The molecule has 0 aromatic carbocycles. The number of aliphatic hydroxyl groups is 4. The Labute approximate surface area is 841 Å². The molecule has 12 N–H and O–H groups in total. The second-order valence-corrected chi connectivity index (χ2v) is 45.7. The van der Waals surface area contributed by atoms with Gasteiger partial charge in [0, 0.05) is 148 Å². The summed E-state index contributed by atoms with van der Waals surface area (Å²) in [5.74, 6) is -2.56. The molecule has 3 saturated carbocycles. The molecule has 45 heteroatoms. The van der Waals surface area contributed by atoms with E-state index in [-0.39, 0.29) is 190 Å². The van der Waals surface area contributed by atoms with Crippen molar-refractivity contribution in [1.82, 2.24) is 80.7 Å². The fraction of sp³-hybridized carbons (Fsp3) is 0.592. The van der Waals surface area contributed by atoms with Crippen molar-refractivity contribution < 1.29 is 98.6 Å². The Morgan fingerprint density at radius 1 is 0.350 bits per heavy atom. The molecule has 0 unspecified atom stereocenters. The summed E-state index contributed by atoms with van der Waals surface area (Å²) in [7, 11) is 0. The van der Waals surface area contributed by atoms with Crippen LogP contribution in [0.2, 0.25) is 0 Å². The lowest BCUT2D eigenvalue weighted by Crippen LogP contribution is -2.46. The molecule has 8 fully saturated rings. The van der Waals surface area contributed by atoms with E-state index in [0.717, 1.165) is 110 Å². The summed E-state index contributed by atoms with van der Waals surface area (Å²) in [5.41, 5.74) is -2.53. The third-order valence-electron chi connectivity index (χ3n) is 25.4. The molecule has 8 aromatic rings. The van der Waals surface area contributed by atoms with Crippen LogP contribution in [0.25, 0.3) is 41.8 Å². The van der Waals surface area contributed by atoms with Gasteiger partial charge < -0.3 is 87.3 Å². The van der Waals surface area contributed by atoms with Gasteiger partial charge >= 0.3 is 0 Å². The lowest BCUT2D eigenvalue weighted by molar-refractivity contribution is 0.0560. The Morgan fingerprint density at radius 2 is 0.601 bits per heavy atom. The summed E-state index contributed by atoms with van der Waals surface area (Å²) < 4.78 is 119. The van der Waals surface area contributed by atoms with Crippen molar-refractivity contribution in [3.05, 3.63) is 114 Å². The van der Waals surface area contributed by atoms with Crippen molar-refractivity contribution >= 4 is 116 Å². The number of aliphatic hydroxyl groups excluding tert-OH is 4.